The SMILES string of the molecule is C[C@@H]1CN(c2ccc3nc(-c4cc5cn(C)nc5cc4O)nc(C(N)=O)c3c2)C[C@@H](C)N1. The molecule has 0 spiro atoms. The van der Waals surface area contributed by atoms with Crippen LogP contribution >= 0.6 is 0 Å². The zero-order valence-electron chi connectivity index (χ0n) is 18.2. The second-order valence-electron chi connectivity index (χ2n) is 8.57. The van der Waals surface area contributed by atoms with Crippen molar-refractivity contribution in [1.82, 2.24) is 25.1 Å². The number of aromatic hydroxyl groups is 1. The lowest BCUT2D eigenvalue weighted by Gasteiger charge is -2.37. The van der Waals surface area contributed by atoms with Crippen LogP contribution < -0.4 is 16.0 Å². The summed E-state index contributed by atoms with van der Waals surface area (Å²) >= 11 is 0. The fraction of sp³-hybridized carbons (Fsp3) is 0.304. The van der Waals surface area contributed by atoms with Crippen molar-refractivity contribution in [3.05, 3.63) is 42.2 Å². The minimum absolute atomic E-state index is 0.00798. The van der Waals surface area contributed by atoms with Crippen LogP contribution in [0.15, 0.2) is 36.5 Å². The van der Waals surface area contributed by atoms with Crippen molar-refractivity contribution in [2.24, 2.45) is 12.8 Å². The van der Waals surface area contributed by atoms with Crippen LogP contribution in [-0.4, -0.2) is 55.9 Å². The first-order chi connectivity index (χ1) is 15.3. The van der Waals surface area contributed by atoms with Gasteiger partial charge in [0.1, 0.15) is 11.4 Å². The van der Waals surface area contributed by atoms with Crippen molar-refractivity contribution in [1.29, 1.82) is 0 Å². The van der Waals surface area contributed by atoms with Crippen molar-refractivity contribution in [2.45, 2.75) is 25.9 Å². The van der Waals surface area contributed by atoms with E-state index in [9.17, 15) is 9.90 Å². The highest BCUT2D eigenvalue weighted by molar-refractivity contribution is 6.05. The molecule has 0 aliphatic carbocycles. The summed E-state index contributed by atoms with van der Waals surface area (Å²) in [6.45, 7) is 6.03. The number of nitrogens with one attached hydrogen (secondary N) is 1. The van der Waals surface area contributed by atoms with Gasteiger partial charge in [0.15, 0.2) is 5.82 Å². The number of rotatable bonds is 3. The average molecular weight is 432 g/mol. The quantitative estimate of drug-likeness (QED) is 0.454. The third-order valence-corrected chi connectivity index (χ3v) is 5.81. The Labute approximate surface area is 184 Å². The highest BCUT2D eigenvalue weighted by Crippen LogP contribution is 2.33. The number of carbonyl (C=O) groups is 1. The maximum Gasteiger partial charge on any atom is 0.268 e. The molecule has 2 aromatic carbocycles. The fourth-order valence-electron chi connectivity index (χ4n) is 4.52. The third kappa shape index (κ3) is 3.50. The molecule has 0 unspecified atom stereocenters. The Bertz CT molecular complexity index is 1350. The number of benzene rings is 2. The van der Waals surface area contributed by atoms with Gasteiger partial charge in [-0.1, -0.05) is 0 Å². The van der Waals surface area contributed by atoms with E-state index in [1.807, 2.05) is 31.4 Å². The lowest BCUT2D eigenvalue weighted by Crippen LogP contribution is -2.54. The molecule has 5 rings (SSSR count). The van der Waals surface area contributed by atoms with Crippen LogP contribution in [0.2, 0.25) is 0 Å². The summed E-state index contributed by atoms with van der Waals surface area (Å²) in [7, 11) is 1.81. The number of piperazine rings is 1. The number of carbonyl (C=O) groups excluding carboxylic acids is 1. The van der Waals surface area contributed by atoms with Crippen LogP contribution in [0.5, 0.6) is 5.75 Å². The van der Waals surface area contributed by atoms with Crippen LogP contribution in [-0.2, 0) is 7.05 Å². The van der Waals surface area contributed by atoms with Gasteiger partial charge in [-0.25, -0.2) is 9.97 Å². The van der Waals surface area contributed by atoms with Gasteiger partial charge in [0.2, 0.25) is 0 Å². The molecule has 0 bridgehead atoms. The Balaban J connectivity index is 1.64. The summed E-state index contributed by atoms with van der Waals surface area (Å²) in [5, 5.41) is 19.8. The molecule has 1 aliphatic heterocycles. The molecule has 1 saturated heterocycles. The van der Waals surface area contributed by atoms with Crippen LogP contribution in [0.25, 0.3) is 33.2 Å². The predicted molar refractivity (Wildman–Crippen MR) is 124 cm³/mol. The van der Waals surface area contributed by atoms with E-state index in [1.165, 1.54) is 0 Å². The highest BCUT2D eigenvalue weighted by atomic mass is 16.3. The predicted octanol–water partition coefficient (Wildman–Crippen LogP) is 2.17. The molecule has 1 amide bonds. The summed E-state index contributed by atoms with van der Waals surface area (Å²) in [5.41, 5.74) is 8.51. The highest BCUT2D eigenvalue weighted by Gasteiger charge is 2.23. The second kappa shape index (κ2) is 7.45. The maximum atomic E-state index is 12.3. The van der Waals surface area contributed by atoms with Gasteiger partial charge in [0.05, 0.1) is 16.6 Å². The Hall–Kier alpha value is -3.72. The number of phenolic OH excluding ortho intramolecular Hbond substituents is 1. The molecule has 9 nitrogen and oxygen atoms in total. The summed E-state index contributed by atoms with van der Waals surface area (Å²) in [6, 6.07) is 9.84. The number of anilines is 1. The van der Waals surface area contributed by atoms with Crippen molar-refractivity contribution < 1.29 is 9.90 Å². The molecular weight excluding hydrogens is 406 g/mol. The maximum absolute atomic E-state index is 12.3. The number of aromatic nitrogens is 4. The zero-order valence-corrected chi connectivity index (χ0v) is 18.2. The topological polar surface area (TPSA) is 122 Å². The van der Waals surface area contributed by atoms with Gasteiger partial charge in [-0.15, -0.1) is 0 Å². The molecule has 0 saturated carbocycles. The molecule has 3 heterocycles. The largest absolute Gasteiger partial charge is 0.507 e. The van der Waals surface area contributed by atoms with E-state index in [-0.39, 0.29) is 17.3 Å². The molecule has 164 valence electrons. The normalized spacial score (nSPS) is 19.0. The molecule has 4 N–H and O–H groups in total. The van der Waals surface area contributed by atoms with Crippen molar-refractivity contribution in [2.75, 3.05) is 18.0 Å². The van der Waals surface area contributed by atoms with Crippen molar-refractivity contribution in [3.8, 4) is 17.1 Å². The van der Waals surface area contributed by atoms with Crippen LogP contribution in [0, 0.1) is 0 Å². The first kappa shape index (κ1) is 20.2. The summed E-state index contributed by atoms with van der Waals surface area (Å²) in [4.78, 5) is 23.7. The number of primary amides is 1. The Morgan fingerprint density at radius 1 is 1.12 bits per heavy atom. The minimum atomic E-state index is -0.639. The summed E-state index contributed by atoms with van der Waals surface area (Å²) in [5.74, 6) is -0.405. The van der Waals surface area contributed by atoms with E-state index in [1.54, 1.807) is 16.8 Å². The number of nitrogens with zero attached hydrogens (tertiary/aromatic N) is 5. The van der Waals surface area contributed by atoms with Crippen LogP contribution in [0.3, 0.4) is 0 Å². The molecule has 32 heavy (non-hydrogen) atoms. The summed E-state index contributed by atoms with van der Waals surface area (Å²) < 4.78 is 1.67. The Morgan fingerprint density at radius 2 is 1.88 bits per heavy atom. The Morgan fingerprint density at radius 3 is 2.59 bits per heavy atom. The number of amides is 1. The molecule has 0 radical (unpaired) electrons. The molecule has 1 aliphatic rings. The van der Waals surface area contributed by atoms with Crippen molar-refractivity contribution >= 4 is 33.4 Å². The van der Waals surface area contributed by atoms with E-state index >= 15 is 0 Å². The van der Waals surface area contributed by atoms with E-state index in [0.717, 1.165) is 24.2 Å². The molecule has 2 atom stereocenters. The molecular formula is C23H25N7O2. The molecule has 9 heteroatoms. The fourth-order valence-corrected chi connectivity index (χ4v) is 4.52. The Kier molecular flexibility index (Phi) is 4.70. The van der Waals surface area contributed by atoms with E-state index < -0.39 is 5.91 Å². The lowest BCUT2D eigenvalue weighted by molar-refractivity contribution is 0.0997. The standard InChI is InChI=1S/C23H25N7O2/c1-12-9-30(10-13(2)25-12)15-4-5-18-16(7-15)21(22(24)32)27-23(26-18)17-6-14-11-29(3)28-19(14)8-20(17)31/h4-8,11-13,25,31H,9-10H2,1-3H3,(H2,24,32)/t12-,13-/m1/s1. The second-order valence-corrected chi connectivity index (χ2v) is 8.57. The first-order valence-electron chi connectivity index (χ1n) is 10.6. The van der Waals surface area contributed by atoms with Gasteiger partial charge in [-0.2, -0.15) is 5.10 Å². The average Bonchev–Trinajstić information content (AvgIpc) is 3.09. The molecule has 4 aromatic rings. The van der Waals surface area contributed by atoms with Crippen LogP contribution in [0.4, 0.5) is 5.69 Å². The monoisotopic (exact) mass is 431 g/mol. The van der Waals surface area contributed by atoms with Crippen molar-refractivity contribution in [3.63, 3.8) is 0 Å². The summed E-state index contributed by atoms with van der Waals surface area (Å²) in [6.07, 6.45) is 1.84. The van der Waals surface area contributed by atoms with Gasteiger partial charge in [-0.05, 0) is 38.1 Å². The van der Waals surface area contributed by atoms with E-state index in [4.69, 9.17) is 5.73 Å². The number of fused-ring (bicyclic) bond motifs is 2. The van der Waals surface area contributed by atoms with Gasteiger partial charge in [0, 0.05) is 60.9 Å². The smallest absolute Gasteiger partial charge is 0.268 e. The van der Waals surface area contributed by atoms with Gasteiger partial charge in [0.25, 0.3) is 5.91 Å². The lowest BCUT2D eigenvalue weighted by atomic mass is 10.1. The van der Waals surface area contributed by atoms with Gasteiger partial charge >= 0.3 is 0 Å². The van der Waals surface area contributed by atoms with E-state index in [0.29, 0.717) is 34.1 Å². The van der Waals surface area contributed by atoms with Gasteiger partial charge in [-0.3, -0.25) is 9.48 Å². The van der Waals surface area contributed by atoms with Crippen LogP contribution in [0.1, 0.15) is 24.3 Å². The van der Waals surface area contributed by atoms with Gasteiger partial charge < -0.3 is 21.1 Å². The zero-order chi connectivity index (χ0) is 22.6. The number of aryl methyl sites for hydroxylation is 1. The van der Waals surface area contributed by atoms with E-state index in [2.05, 4.69) is 39.1 Å². The number of nitrogens with two attached hydrogens (primary N) is 1. The third-order valence-electron chi connectivity index (χ3n) is 5.81. The number of phenols is 1. The first-order valence-corrected chi connectivity index (χ1v) is 10.6. The minimum Gasteiger partial charge on any atom is -0.507 e. The number of hydrogen-bond donors (Lipinski definition) is 3. The molecule has 1 fully saturated rings. The molecule has 2 aromatic heterocycles. The number of hydrogen-bond acceptors (Lipinski definition) is 7.